The largest absolute Gasteiger partial charge is 0.401 e. The molecule has 2 nitrogen and oxygen atoms in total. The Morgan fingerprint density at radius 2 is 1.44 bits per heavy atom. The highest BCUT2D eigenvalue weighted by Crippen LogP contribution is 2.39. The molecule has 0 radical (unpaired) electrons. The van der Waals surface area contributed by atoms with E-state index in [4.69, 9.17) is 0 Å². The second-order valence-corrected chi connectivity index (χ2v) is 4.51. The standard InChI is InChI=1S/C10H18F6N2/c1-7(2)17-4-5-18(3)6-8(9(11,12)13)10(14,15)16/h7-8,17H,4-6H2,1-3H3. The first-order chi connectivity index (χ1) is 7.94. The van der Waals surface area contributed by atoms with Crippen molar-refractivity contribution < 1.29 is 26.3 Å². The number of nitrogens with zero attached hydrogens (tertiary/aromatic N) is 1. The van der Waals surface area contributed by atoms with Gasteiger partial charge in [-0.05, 0) is 7.05 Å². The van der Waals surface area contributed by atoms with Crippen LogP contribution < -0.4 is 5.32 Å². The van der Waals surface area contributed by atoms with E-state index in [0.29, 0.717) is 6.54 Å². The Labute approximate surface area is 102 Å². The fraction of sp³-hybridized carbons (Fsp3) is 1.00. The van der Waals surface area contributed by atoms with Gasteiger partial charge in [0.1, 0.15) is 0 Å². The van der Waals surface area contributed by atoms with Gasteiger partial charge in [-0.3, -0.25) is 0 Å². The lowest BCUT2D eigenvalue weighted by Crippen LogP contribution is -2.45. The van der Waals surface area contributed by atoms with E-state index in [9.17, 15) is 26.3 Å². The predicted octanol–water partition coefficient (Wildman–Crippen LogP) is 2.66. The number of rotatable bonds is 6. The zero-order chi connectivity index (χ0) is 14.6. The number of likely N-dealkylation sites (N-methyl/N-ethyl adjacent to an activating group) is 1. The highest BCUT2D eigenvalue weighted by atomic mass is 19.4. The van der Waals surface area contributed by atoms with Gasteiger partial charge in [-0.25, -0.2) is 0 Å². The molecule has 0 aromatic carbocycles. The Morgan fingerprint density at radius 3 is 1.78 bits per heavy atom. The fourth-order valence-electron chi connectivity index (χ4n) is 1.34. The molecule has 0 heterocycles. The van der Waals surface area contributed by atoms with Gasteiger partial charge in [-0.1, -0.05) is 13.8 Å². The van der Waals surface area contributed by atoms with E-state index in [1.807, 2.05) is 13.8 Å². The van der Waals surface area contributed by atoms with Gasteiger partial charge in [0, 0.05) is 25.7 Å². The lowest BCUT2D eigenvalue weighted by atomic mass is 10.1. The summed E-state index contributed by atoms with van der Waals surface area (Å²) in [4.78, 5) is 1.03. The molecule has 0 amide bonds. The lowest BCUT2D eigenvalue weighted by molar-refractivity contribution is -0.286. The van der Waals surface area contributed by atoms with Crippen LogP contribution in [-0.4, -0.2) is 50.0 Å². The monoisotopic (exact) mass is 280 g/mol. The molecule has 0 aliphatic carbocycles. The van der Waals surface area contributed by atoms with E-state index in [-0.39, 0.29) is 12.6 Å². The van der Waals surface area contributed by atoms with E-state index >= 15 is 0 Å². The van der Waals surface area contributed by atoms with Crippen molar-refractivity contribution in [2.24, 2.45) is 5.92 Å². The third-order valence-electron chi connectivity index (χ3n) is 2.33. The van der Waals surface area contributed by atoms with Crippen LogP contribution in [0.4, 0.5) is 26.3 Å². The maximum absolute atomic E-state index is 12.3. The summed E-state index contributed by atoms with van der Waals surface area (Å²) in [5.74, 6) is -3.30. The third-order valence-corrected chi connectivity index (χ3v) is 2.33. The highest BCUT2D eigenvalue weighted by Gasteiger charge is 2.56. The minimum absolute atomic E-state index is 0.126. The summed E-state index contributed by atoms with van der Waals surface area (Å²) in [5.41, 5.74) is 0. The second-order valence-electron chi connectivity index (χ2n) is 4.51. The summed E-state index contributed by atoms with van der Waals surface area (Å²) in [5, 5.41) is 2.92. The summed E-state index contributed by atoms with van der Waals surface area (Å²) in [6.07, 6.45) is -10.5. The summed E-state index contributed by atoms with van der Waals surface area (Å²) >= 11 is 0. The van der Waals surface area contributed by atoms with Crippen molar-refractivity contribution in [2.75, 3.05) is 26.7 Å². The van der Waals surface area contributed by atoms with Crippen molar-refractivity contribution >= 4 is 0 Å². The predicted molar refractivity (Wildman–Crippen MR) is 56.2 cm³/mol. The maximum atomic E-state index is 12.3. The SMILES string of the molecule is CC(C)NCCN(C)CC(C(F)(F)F)C(F)(F)F. The quantitative estimate of drug-likeness (QED) is 0.752. The average Bonchev–Trinajstić information content (AvgIpc) is 2.09. The first-order valence-corrected chi connectivity index (χ1v) is 5.50. The van der Waals surface area contributed by atoms with Crippen LogP contribution in [0.1, 0.15) is 13.8 Å². The highest BCUT2D eigenvalue weighted by molar-refractivity contribution is 4.78. The Balaban J connectivity index is 4.34. The van der Waals surface area contributed by atoms with E-state index < -0.39 is 24.8 Å². The van der Waals surface area contributed by atoms with Crippen molar-refractivity contribution in [2.45, 2.75) is 32.2 Å². The molecular weight excluding hydrogens is 262 g/mol. The lowest BCUT2D eigenvalue weighted by Gasteiger charge is -2.27. The Bertz CT molecular complexity index is 222. The van der Waals surface area contributed by atoms with Gasteiger partial charge < -0.3 is 10.2 Å². The number of nitrogens with one attached hydrogen (secondary N) is 1. The minimum Gasteiger partial charge on any atom is -0.313 e. The molecule has 0 spiro atoms. The third kappa shape index (κ3) is 7.05. The van der Waals surface area contributed by atoms with Crippen molar-refractivity contribution in [3.63, 3.8) is 0 Å². The summed E-state index contributed by atoms with van der Waals surface area (Å²) in [7, 11) is 1.24. The topological polar surface area (TPSA) is 15.3 Å². The molecule has 0 aromatic rings. The molecule has 0 rings (SSSR count). The molecule has 0 saturated heterocycles. The van der Waals surface area contributed by atoms with E-state index in [1.54, 1.807) is 0 Å². The second kappa shape index (κ2) is 6.60. The van der Waals surface area contributed by atoms with Crippen LogP contribution in [0.3, 0.4) is 0 Å². The van der Waals surface area contributed by atoms with E-state index in [1.165, 1.54) is 7.05 Å². The molecule has 0 fully saturated rings. The van der Waals surface area contributed by atoms with Crippen molar-refractivity contribution in [3.8, 4) is 0 Å². The Hall–Kier alpha value is -0.500. The number of hydrogen-bond acceptors (Lipinski definition) is 2. The molecule has 18 heavy (non-hydrogen) atoms. The smallest absolute Gasteiger partial charge is 0.313 e. The van der Waals surface area contributed by atoms with Gasteiger partial charge in [0.25, 0.3) is 0 Å². The van der Waals surface area contributed by atoms with Gasteiger partial charge in [0.05, 0.1) is 0 Å². The molecule has 0 unspecified atom stereocenters. The summed E-state index contributed by atoms with van der Waals surface area (Å²) < 4.78 is 73.6. The summed E-state index contributed by atoms with van der Waals surface area (Å²) in [6, 6.07) is 0.138. The van der Waals surface area contributed by atoms with Gasteiger partial charge in [-0.15, -0.1) is 0 Å². The number of alkyl halides is 6. The normalized spacial score (nSPS) is 14.0. The van der Waals surface area contributed by atoms with Crippen LogP contribution >= 0.6 is 0 Å². The van der Waals surface area contributed by atoms with Crippen molar-refractivity contribution in [1.29, 1.82) is 0 Å². The van der Waals surface area contributed by atoms with Crippen LogP contribution in [0.2, 0.25) is 0 Å². The van der Waals surface area contributed by atoms with Crippen LogP contribution in [0.25, 0.3) is 0 Å². The molecule has 0 bridgehead atoms. The van der Waals surface area contributed by atoms with Crippen LogP contribution in [0.15, 0.2) is 0 Å². The fourth-order valence-corrected chi connectivity index (χ4v) is 1.34. The molecule has 0 atom stereocenters. The van der Waals surface area contributed by atoms with Crippen molar-refractivity contribution in [1.82, 2.24) is 10.2 Å². The number of hydrogen-bond donors (Lipinski definition) is 1. The number of halogens is 6. The molecule has 0 aliphatic heterocycles. The Morgan fingerprint density at radius 1 is 1.00 bits per heavy atom. The molecule has 8 heteroatoms. The Kier molecular flexibility index (Phi) is 6.42. The van der Waals surface area contributed by atoms with Crippen molar-refractivity contribution in [3.05, 3.63) is 0 Å². The van der Waals surface area contributed by atoms with Gasteiger partial charge in [-0.2, -0.15) is 26.3 Å². The van der Waals surface area contributed by atoms with E-state index in [2.05, 4.69) is 5.32 Å². The average molecular weight is 280 g/mol. The van der Waals surface area contributed by atoms with Crippen LogP contribution in [-0.2, 0) is 0 Å². The zero-order valence-electron chi connectivity index (χ0n) is 10.5. The van der Waals surface area contributed by atoms with Gasteiger partial charge in [0.2, 0.25) is 0 Å². The van der Waals surface area contributed by atoms with E-state index in [0.717, 1.165) is 4.90 Å². The van der Waals surface area contributed by atoms with Gasteiger partial charge >= 0.3 is 12.4 Å². The van der Waals surface area contributed by atoms with Crippen LogP contribution in [0, 0.1) is 5.92 Å². The molecule has 0 aromatic heterocycles. The molecule has 0 saturated carbocycles. The van der Waals surface area contributed by atoms with Crippen LogP contribution in [0.5, 0.6) is 0 Å². The minimum atomic E-state index is -5.27. The molecule has 1 N–H and O–H groups in total. The molecular formula is C10H18F6N2. The van der Waals surface area contributed by atoms with Gasteiger partial charge in [0.15, 0.2) is 5.92 Å². The maximum Gasteiger partial charge on any atom is 0.401 e. The summed E-state index contributed by atoms with van der Waals surface area (Å²) in [6.45, 7) is 3.08. The first kappa shape index (κ1) is 17.5. The molecule has 0 aliphatic rings. The first-order valence-electron chi connectivity index (χ1n) is 5.50. The zero-order valence-corrected chi connectivity index (χ0v) is 10.5. The molecule has 110 valence electrons.